The largest absolute Gasteiger partial charge is 0.390 e. The third-order valence-electron chi connectivity index (χ3n) is 1.91. The second kappa shape index (κ2) is 4.97. The summed E-state index contributed by atoms with van der Waals surface area (Å²) in [5.41, 5.74) is 1.48. The Labute approximate surface area is 92.8 Å². The summed E-state index contributed by atoms with van der Waals surface area (Å²) in [6.07, 6.45) is 3.36. The van der Waals surface area contributed by atoms with Crippen LogP contribution in [-0.4, -0.2) is 21.7 Å². The Morgan fingerprint density at radius 1 is 1.19 bits per heavy atom. The number of oxime groups is 1. The van der Waals surface area contributed by atoms with Crippen LogP contribution in [0.5, 0.6) is 0 Å². The van der Waals surface area contributed by atoms with Crippen LogP contribution in [0.3, 0.4) is 0 Å². The van der Waals surface area contributed by atoms with Gasteiger partial charge < -0.3 is 4.84 Å². The Balaban J connectivity index is 2.25. The normalized spacial score (nSPS) is 9.75. The van der Waals surface area contributed by atoms with Crippen LogP contribution >= 0.6 is 0 Å². The van der Waals surface area contributed by atoms with E-state index in [1.807, 2.05) is 18.2 Å². The van der Waals surface area contributed by atoms with E-state index in [0.717, 1.165) is 5.69 Å². The molecule has 0 radical (unpaired) electrons. The predicted octanol–water partition coefficient (Wildman–Crippen LogP) is 1.67. The number of nitrogens with zero attached hydrogens (tertiary/aromatic N) is 4. The summed E-state index contributed by atoms with van der Waals surface area (Å²) in [6.45, 7) is 3.53. The van der Waals surface area contributed by atoms with Gasteiger partial charge in [-0.2, -0.15) is 0 Å². The third kappa shape index (κ3) is 2.38. The molecule has 2 aromatic heterocycles. The SMILES string of the molecule is C=NOCc1cccc(-c2ncccn2)n1. The summed E-state index contributed by atoms with van der Waals surface area (Å²) < 4.78 is 0. The van der Waals surface area contributed by atoms with Crippen molar-refractivity contribution in [3.63, 3.8) is 0 Å². The quantitative estimate of drug-likeness (QED) is 0.573. The molecule has 0 saturated carbocycles. The lowest BCUT2D eigenvalue weighted by Gasteiger charge is -2.01. The molecule has 2 rings (SSSR count). The lowest BCUT2D eigenvalue weighted by molar-refractivity contribution is 0.130. The van der Waals surface area contributed by atoms with E-state index in [1.54, 1.807) is 18.5 Å². The first-order valence-corrected chi connectivity index (χ1v) is 4.71. The van der Waals surface area contributed by atoms with Gasteiger partial charge in [-0.05, 0) is 18.2 Å². The third-order valence-corrected chi connectivity index (χ3v) is 1.91. The van der Waals surface area contributed by atoms with Gasteiger partial charge in [0.15, 0.2) is 12.4 Å². The van der Waals surface area contributed by atoms with E-state index in [1.165, 1.54) is 0 Å². The van der Waals surface area contributed by atoms with Gasteiger partial charge in [0.1, 0.15) is 5.69 Å². The summed E-state index contributed by atoms with van der Waals surface area (Å²) in [6, 6.07) is 7.33. The van der Waals surface area contributed by atoms with E-state index >= 15 is 0 Å². The van der Waals surface area contributed by atoms with Crippen molar-refractivity contribution in [2.24, 2.45) is 5.16 Å². The standard InChI is InChI=1S/C11H10N4O/c1-12-16-8-9-4-2-5-10(15-9)11-13-6-3-7-14-11/h2-7H,1,8H2. The molecule has 0 N–H and O–H groups in total. The minimum Gasteiger partial charge on any atom is -0.390 e. The molecule has 5 nitrogen and oxygen atoms in total. The molecule has 80 valence electrons. The van der Waals surface area contributed by atoms with Gasteiger partial charge in [-0.15, -0.1) is 5.16 Å². The Morgan fingerprint density at radius 3 is 2.75 bits per heavy atom. The van der Waals surface area contributed by atoms with E-state index in [2.05, 4.69) is 26.8 Å². The minimum absolute atomic E-state index is 0.296. The average molecular weight is 214 g/mol. The molecular formula is C11H10N4O. The molecule has 0 aliphatic heterocycles. The number of hydrogen-bond acceptors (Lipinski definition) is 5. The summed E-state index contributed by atoms with van der Waals surface area (Å²) in [5.74, 6) is 0.593. The predicted molar refractivity (Wildman–Crippen MR) is 59.6 cm³/mol. The molecule has 16 heavy (non-hydrogen) atoms. The molecule has 0 fully saturated rings. The molecule has 0 aliphatic carbocycles. The van der Waals surface area contributed by atoms with Crippen LogP contribution in [-0.2, 0) is 11.4 Å². The number of hydrogen-bond donors (Lipinski definition) is 0. The van der Waals surface area contributed by atoms with Crippen molar-refractivity contribution >= 4 is 6.72 Å². The Bertz CT molecular complexity index is 472. The summed E-state index contributed by atoms with van der Waals surface area (Å²) >= 11 is 0. The molecule has 0 unspecified atom stereocenters. The molecule has 0 amide bonds. The van der Waals surface area contributed by atoms with Crippen LogP contribution in [0, 0.1) is 0 Å². The smallest absolute Gasteiger partial charge is 0.178 e. The average Bonchev–Trinajstić information content (AvgIpc) is 2.38. The number of pyridine rings is 1. The molecule has 0 saturated heterocycles. The van der Waals surface area contributed by atoms with E-state index < -0.39 is 0 Å². The summed E-state index contributed by atoms with van der Waals surface area (Å²) in [5, 5.41) is 3.31. The highest BCUT2D eigenvalue weighted by molar-refractivity contribution is 5.48. The monoisotopic (exact) mass is 214 g/mol. The van der Waals surface area contributed by atoms with Crippen LogP contribution in [0.4, 0.5) is 0 Å². The molecule has 0 spiro atoms. The van der Waals surface area contributed by atoms with Gasteiger partial charge in [0.25, 0.3) is 0 Å². The summed E-state index contributed by atoms with van der Waals surface area (Å²) in [7, 11) is 0. The zero-order valence-electron chi connectivity index (χ0n) is 8.58. The second-order valence-electron chi connectivity index (χ2n) is 2.99. The van der Waals surface area contributed by atoms with Gasteiger partial charge in [0.05, 0.1) is 5.69 Å². The highest BCUT2D eigenvalue weighted by Gasteiger charge is 2.02. The zero-order chi connectivity index (χ0) is 11.2. The van der Waals surface area contributed by atoms with Gasteiger partial charge in [0, 0.05) is 19.1 Å². The van der Waals surface area contributed by atoms with Crippen LogP contribution in [0.2, 0.25) is 0 Å². The van der Waals surface area contributed by atoms with Gasteiger partial charge in [-0.25, -0.2) is 15.0 Å². The van der Waals surface area contributed by atoms with E-state index in [4.69, 9.17) is 4.84 Å². The van der Waals surface area contributed by atoms with Gasteiger partial charge in [0.2, 0.25) is 0 Å². The lowest BCUT2D eigenvalue weighted by Crippen LogP contribution is -1.95. The molecule has 0 atom stereocenters. The van der Waals surface area contributed by atoms with Crippen molar-refractivity contribution in [2.45, 2.75) is 6.61 Å². The summed E-state index contributed by atoms with van der Waals surface area (Å²) in [4.78, 5) is 17.4. The van der Waals surface area contributed by atoms with Crippen LogP contribution < -0.4 is 0 Å². The fourth-order valence-corrected chi connectivity index (χ4v) is 1.23. The van der Waals surface area contributed by atoms with Crippen molar-refractivity contribution in [1.82, 2.24) is 15.0 Å². The van der Waals surface area contributed by atoms with E-state index in [-0.39, 0.29) is 0 Å². The van der Waals surface area contributed by atoms with E-state index in [0.29, 0.717) is 18.1 Å². The van der Waals surface area contributed by atoms with Crippen LogP contribution in [0.15, 0.2) is 41.8 Å². The molecule has 0 aromatic carbocycles. The molecule has 5 heteroatoms. The van der Waals surface area contributed by atoms with Crippen molar-refractivity contribution in [2.75, 3.05) is 0 Å². The highest BCUT2D eigenvalue weighted by Crippen LogP contribution is 2.11. The zero-order valence-corrected chi connectivity index (χ0v) is 8.58. The first-order valence-electron chi connectivity index (χ1n) is 4.71. The first kappa shape index (κ1) is 10.2. The van der Waals surface area contributed by atoms with Gasteiger partial charge >= 0.3 is 0 Å². The number of rotatable bonds is 4. The van der Waals surface area contributed by atoms with Crippen LogP contribution in [0.1, 0.15) is 5.69 Å². The van der Waals surface area contributed by atoms with Gasteiger partial charge in [-0.1, -0.05) is 6.07 Å². The molecule has 0 aliphatic rings. The Kier molecular flexibility index (Phi) is 3.18. The fourth-order valence-electron chi connectivity index (χ4n) is 1.23. The fraction of sp³-hybridized carbons (Fsp3) is 0.0909. The van der Waals surface area contributed by atoms with Crippen molar-refractivity contribution in [1.29, 1.82) is 0 Å². The van der Waals surface area contributed by atoms with Crippen molar-refractivity contribution in [3.8, 4) is 11.5 Å². The van der Waals surface area contributed by atoms with E-state index in [9.17, 15) is 0 Å². The first-order chi connectivity index (χ1) is 7.90. The van der Waals surface area contributed by atoms with Crippen molar-refractivity contribution in [3.05, 3.63) is 42.4 Å². The number of aromatic nitrogens is 3. The van der Waals surface area contributed by atoms with Crippen molar-refractivity contribution < 1.29 is 4.84 Å². The maximum absolute atomic E-state index is 4.82. The molecule has 2 heterocycles. The lowest BCUT2D eigenvalue weighted by atomic mass is 10.3. The van der Waals surface area contributed by atoms with Crippen LogP contribution in [0.25, 0.3) is 11.5 Å². The Morgan fingerprint density at radius 2 is 2.00 bits per heavy atom. The molecule has 2 aromatic rings. The second-order valence-corrected chi connectivity index (χ2v) is 2.99. The van der Waals surface area contributed by atoms with Gasteiger partial charge in [-0.3, -0.25) is 0 Å². The molecular weight excluding hydrogens is 204 g/mol. The highest BCUT2D eigenvalue weighted by atomic mass is 16.6. The molecule has 0 bridgehead atoms. The topological polar surface area (TPSA) is 60.3 Å². The maximum Gasteiger partial charge on any atom is 0.178 e. The Hall–Kier alpha value is -2.30. The maximum atomic E-state index is 4.82. The minimum atomic E-state index is 0.296.